The van der Waals surface area contributed by atoms with Gasteiger partial charge in [0.1, 0.15) is 0 Å². The number of carbonyl (C=O) groups excluding carboxylic acids is 1. The number of nitrogens with zero attached hydrogens (tertiary/aromatic N) is 2. The number of hydrogen-bond donors (Lipinski definition) is 2. The van der Waals surface area contributed by atoms with Crippen molar-refractivity contribution in [3.05, 3.63) is 88.2 Å². The smallest absolute Gasteiger partial charge is 0.416 e. The van der Waals surface area contributed by atoms with Crippen molar-refractivity contribution >= 4 is 18.1 Å². The van der Waals surface area contributed by atoms with Crippen molar-refractivity contribution in [1.29, 1.82) is 0 Å². The fourth-order valence-electron chi connectivity index (χ4n) is 3.35. The molecule has 0 bridgehead atoms. The molecule has 2 N–H and O–H groups in total. The molecule has 2 aromatic carbocycles. The van der Waals surface area contributed by atoms with E-state index in [0.29, 0.717) is 11.3 Å². The molecule has 3 aromatic rings. The van der Waals surface area contributed by atoms with E-state index in [-0.39, 0.29) is 17.5 Å². The van der Waals surface area contributed by atoms with Gasteiger partial charge < -0.3 is 9.67 Å². The van der Waals surface area contributed by atoms with Gasteiger partial charge in [-0.05, 0) is 49.7 Å². The van der Waals surface area contributed by atoms with Gasteiger partial charge in [-0.2, -0.15) is 18.3 Å². The van der Waals surface area contributed by atoms with E-state index < -0.39 is 23.6 Å². The average Bonchev–Trinajstić information content (AvgIpc) is 3.01. The Morgan fingerprint density at radius 2 is 1.81 bits per heavy atom. The Balaban J connectivity index is 1.71. The third-order valence-electron chi connectivity index (χ3n) is 4.83. The highest BCUT2D eigenvalue weighted by Gasteiger charge is 2.30. The van der Waals surface area contributed by atoms with Crippen LogP contribution in [0.15, 0.2) is 59.7 Å². The second kappa shape index (κ2) is 9.09. The van der Waals surface area contributed by atoms with Gasteiger partial charge >= 0.3 is 12.1 Å². The Morgan fingerprint density at radius 3 is 2.50 bits per heavy atom. The lowest BCUT2D eigenvalue weighted by Gasteiger charge is -2.10. The van der Waals surface area contributed by atoms with Crippen molar-refractivity contribution in [2.24, 2.45) is 5.10 Å². The van der Waals surface area contributed by atoms with Crippen LogP contribution in [0.25, 0.3) is 5.69 Å². The predicted molar refractivity (Wildman–Crippen MR) is 113 cm³/mol. The summed E-state index contributed by atoms with van der Waals surface area (Å²) in [6, 6.07) is 12.9. The second-order valence-electron chi connectivity index (χ2n) is 7.19. The molecule has 1 heterocycles. The zero-order valence-electron chi connectivity index (χ0n) is 17.3. The number of benzene rings is 2. The summed E-state index contributed by atoms with van der Waals surface area (Å²) < 4.78 is 40.3. The molecule has 0 fully saturated rings. The van der Waals surface area contributed by atoms with Crippen molar-refractivity contribution in [1.82, 2.24) is 9.99 Å². The van der Waals surface area contributed by atoms with Crippen LogP contribution in [0.2, 0.25) is 0 Å². The van der Waals surface area contributed by atoms with Crippen LogP contribution in [0.5, 0.6) is 0 Å². The number of aromatic carboxylic acids is 1. The molecule has 3 rings (SSSR count). The Kier molecular flexibility index (Phi) is 6.47. The van der Waals surface area contributed by atoms with Gasteiger partial charge in [0, 0.05) is 22.6 Å². The van der Waals surface area contributed by atoms with E-state index in [9.17, 15) is 27.9 Å². The quantitative estimate of drug-likeness (QED) is 0.435. The van der Waals surface area contributed by atoms with E-state index in [0.717, 1.165) is 23.5 Å². The summed E-state index contributed by atoms with van der Waals surface area (Å²) in [4.78, 5) is 23.3. The average molecular weight is 443 g/mol. The van der Waals surface area contributed by atoms with Gasteiger partial charge in [-0.3, -0.25) is 4.79 Å². The first-order chi connectivity index (χ1) is 15.1. The van der Waals surface area contributed by atoms with Gasteiger partial charge in [0.25, 0.3) is 0 Å². The van der Waals surface area contributed by atoms with E-state index in [1.807, 2.05) is 24.5 Å². The molecule has 0 unspecified atom stereocenters. The fraction of sp³-hybridized carbons (Fsp3) is 0.174. The van der Waals surface area contributed by atoms with Crippen molar-refractivity contribution in [3.8, 4) is 5.69 Å². The first kappa shape index (κ1) is 22.8. The Bertz CT molecular complexity index is 1200. The van der Waals surface area contributed by atoms with Gasteiger partial charge in [-0.15, -0.1) is 0 Å². The molecule has 0 saturated heterocycles. The summed E-state index contributed by atoms with van der Waals surface area (Å²) in [7, 11) is 0. The molecule has 0 radical (unpaired) electrons. The minimum Gasteiger partial charge on any atom is -0.478 e. The summed E-state index contributed by atoms with van der Waals surface area (Å²) in [5, 5.41) is 13.1. The number of carbonyl (C=O) groups is 2. The normalized spacial score (nSPS) is 11.7. The maximum atomic E-state index is 12.8. The number of alkyl halides is 3. The minimum absolute atomic E-state index is 0.159. The molecule has 1 aromatic heterocycles. The van der Waals surface area contributed by atoms with Crippen LogP contribution >= 0.6 is 0 Å². The molecule has 0 aliphatic carbocycles. The van der Waals surface area contributed by atoms with E-state index >= 15 is 0 Å². The number of hydrogen-bond acceptors (Lipinski definition) is 3. The number of rotatable bonds is 6. The van der Waals surface area contributed by atoms with Crippen LogP contribution < -0.4 is 5.43 Å². The van der Waals surface area contributed by atoms with Crippen LogP contribution in [0.1, 0.15) is 38.4 Å². The molecular formula is C23H20F3N3O3. The summed E-state index contributed by atoms with van der Waals surface area (Å²) in [5.74, 6) is -1.58. The lowest BCUT2D eigenvalue weighted by Crippen LogP contribution is -2.20. The summed E-state index contributed by atoms with van der Waals surface area (Å²) in [5.41, 5.74) is 4.88. The van der Waals surface area contributed by atoms with Crippen molar-refractivity contribution in [3.63, 3.8) is 0 Å². The monoisotopic (exact) mass is 443 g/mol. The molecule has 166 valence electrons. The number of aryl methyl sites for hydroxylation is 1. The van der Waals surface area contributed by atoms with Crippen molar-refractivity contribution in [2.75, 3.05) is 0 Å². The highest BCUT2D eigenvalue weighted by Crippen LogP contribution is 2.29. The topological polar surface area (TPSA) is 83.7 Å². The molecule has 1 amide bonds. The Morgan fingerprint density at radius 1 is 1.09 bits per heavy atom. The summed E-state index contributed by atoms with van der Waals surface area (Å²) >= 11 is 0. The number of hydrazone groups is 1. The minimum atomic E-state index is -4.48. The van der Waals surface area contributed by atoms with Crippen LogP contribution in [0.4, 0.5) is 13.2 Å². The van der Waals surface area contributed by atoms with Gasteiger partial charge in [0.2, 0.25) is 5.91 Å². The van der Waals surface area contributed by atoms with Crippen molar-refractivity contribution in [2.45, 2.75) is 26.4 Å². The van der Waals surface area contributed by atoms with Crippen LogP contribution in [0, 0.1) is 13.8 Å². The maximum Gasteiger partial charge on any atom is 0.416 e. The van der Waals surface area contributed by atoms with E-state index in [2.05, 4.69) is 10.5 Å². The van der Waals surface area contributed by atoms with Crippen LogP contribution in [-0.2, 0) is 17.4 Å². The molecule has 0 saturated carbocycles. The molecule has 32 heavy (non-hydrogen) atoms. The summed E-state index contributed by atoms with van der Waals surface area (Å²) in [6.07, 6.45) is -3.29. The third-order valence-corrected chi connectivity index (χ3v) is 4.83. The van der Waals surface area contributed by atoms with E-state index in [1.54, 1.807) is 18.2 Å². The van der Waals surface area contributed by atoms with Gasteiger partial charge in [0.15, 0.2) is 0 Å². The number of nitrogens with one attached hydrogen (secondary N) is 1. The fourth-order valence-corrected chi connectivity index (χ4v) is 3.35. The lowest BCUT2D eigenvalue weighted by atomic mass is 10.1. The molecular weight excluding hydrogens is 423 g/mol. The largest absolute Gasteiger partial charge is 0.478 e. The summed E-state index contributed by atoms with van der Waals surface area (Å²) in [6.45, 7) is 3.68. The molecule has 0 aliphatic heterocycles. The molecule has 0 spiro atoms. The van der Waals surface area contributed by atoms with Gasteiger partial charge in [0.05, 0.1) is 23.8 Å². The zero-order valence-corrected chi connectivity index (χ0v) is 17.3. The maximum absolute atomic E-state index is 12.8. The first-order valence-corrected chi connectivity index (χ1v) is 9.57. The number of amides is 1. The van der Waals surface area contributed by atoms with Crippen molar-refractivity contribution < 1.29 is 27.9 Å². The lowest BCUT2D eigenvalue weighted by molar-refractivity contribution is -0.137. The predicted octanol–water partition coefficient (Wildman–Crippen LogP) is 4.50. The van der Waals surface area contributed by atoms with Crippen LogP contribution in [-0.4, -0.2) is 27.8 Å². The van der Waals surface area contributed by atoms with E-state index in [1.165, 1.54) is 24.4 Å². The number of carboxylic acid groups (broad SMARTS) is 1. The highest BCUT2D eigenvalue weighted by atomic mass is 19.4. The van der Waals surface area contributed by atoms with Gasteiger partial charge in [-0.1, -0.05) is 24.3 Å². The zero-order chi connectivity index (χ0) is 23.5. The third kappa shape index (κ3) is 5.23. The van der Waals surface area contributed by atoms with E-state index in [4.69, 9.17) is 0 Å². The van der Waals surface area contributed by atoms with Gasteiger partial charge in [-0.25, -0.2) is 10.2 Å². The standard InChI is InChI=1S/C23H20F3N3O3/c1-14-9-18(15(2)29(14)20-8-4-6-17(12-20)22(31)32)13-27-28-21(30)11-16-5-3-7-19(10-16)23(24,25)26/h3-10,12-13H,11H2,1-2H3,(H,28,30)(H,31,32). The first-order valence-electron chi connectivity index (χ1n) is 9.57. The molecule has 0 aliphatic rings. The number of halogens is 3. The Labute approximate surface area is 182 Å². The number of carboxylic acids is 1. The Hall–Kier alpha value is -3.88. The molecule has 6 nitrogen and oxygen atoms in total. The second-order valence-corrected chi connectivity index (χ2v) is 7.19. The SMILES string of the molecule is Cc1cc(C=NNC(=O)Cc2cccc(C(F)(F)F)c2)c(C)n1-c1cccc(C(=O)O)c1. The molecule has 9 heteroatoms. The number of aromatic nitrogens is 1. The highest BCUT2D eigenvalue weighted by molar-refractivity contribution is 5.88. The molecule has 0 atom stereocenters. The van der Waals surface area contributed by atoms with Crippen LogP contribution in [0.3, 0.4) is 0 Å².